The predicted octanol–water partition coefficient (Wildman–Crippen LogP) is 3.04. The fourth-order valence-corrected chi connectivity index (χ4v) is 2.41. The highest BCUT2D eigenvalue weighted by Crippen LogP contribution is 2.39. The first-order valence-electron chi connectivity index (χ1n) is 7.07. The number of fused-ring (bicyclic) bond motifs is 1. The van der Waals surface area contributed by atoms with E-state index in [1.165, 1.54) is 6.07 Å². The highest BCUT2D eigenvalue weighted by molar-refractivity contribution is 5.51. The lowest BCUT2D eigenvalue weighted by molar-refractivity contribution is -0.0508. The fraction of sp³-hybridized carbons (Fsp3) is 0.312. The second-order valence-corrected chi connectivity index (χ2v) is 5.19. The van der Waals surface area contributed by atoms with Crippen LogP contribution < -0.4 is 14.2 Å². The number of ether oxygens (including phenoxy) is 3. The first-order valence-corrected chi connectivity index (χ1v) is 7.07. The van der Waals surface area contributed by atoms with Gasteiger partial charge < -0.3 is 14.2 Å². The highest BCUT2D eigenvalue weighted by atomic mass is 19.3. The Morgan fingerprint density at radius 3 is 2.70 bits per heavy atom. The van der Waals surface area contributed by atoms with Gasteiger partial charge in [0.1, 0.15) is 5.75 Å². The van der Waals surface area contributed by atoms with E-state index in [1.54, 1.807) is 12.3 Å². The molecule has 0 radical (unpaired) electrons. The molecule has 0 atom stereocenters. The summed E-state index contributed by atoms with van der Waals surface area (Å²) >= 11 is 0. The molecular weight excluding hydrogens is 306 g/mol. The minimum atomic E-state index is -2.89. The Bertz CT molecular complexity index is 668. The van der Waals surface area contributed by atoms with Crippen molar-refractivity contribution in [2.24, 2.45) is 0 Å². The second kappa shape index (κ2) is 6.78. The Kier molecular flexibility index (Phi) is 4.57. The summed E-state index contributed by atoms with van der Waals surface area (Å²) < 4.78 is 40.4. The third kappa shape index (κ3) is 3.87. The Morgan fingerprint density at radius 1 is 1.22 bits per heavy atom. The minimum Gasteiger partial charge on any atom is -0.454 e. The SMILES string of the molecule is CN(Cc1ccccn1)Cc1cc2c(cc1OC(F)F)OCO2. The lowest BCUT2D eigenvalue weighted by Crippen LogP contribution is -2.19. The Morgan fingerprint density at radius 2 is 2.00 bits per heavy atom. The molecule has 0 fully saturated rings. The summed E-state index contributed by atoms with van der Waals surface area (Å²) in [6, 6.07) is 8.78. The average Bonchev–Trinajstić information content (AvgIpc) is 2.95. The van der Waals surface area contributed by atoms with Gasteiger partial charge in [-0.25, -0.2) is 0 Å². The maximum atomic E-state index is 12.6. The van der Waals surface area contributed by atoms with Gasteiger partial charge in [-0.1, -0.05) is 6.07 Å². The summed E-state index contributed by atoms with van der Waals surface area (Å²) in [5.74, 6) is 1.04. The molecule has 23 heavy (non-hydrogen) atoms. The van der Waals surface area contributed by atoms with Crippen LogP contribution in [-0.2, 0) is 13.1 Å². The summed E-state index contributed by atoms with van der Waals surface area (Å²) in [5.41, 5.74) is 1.50. The number of alkyl halides is 2. The van der Waals surface area contributed by atoms with E-state index in [0.717, 1.165) is 5.69 Å². The quantitative estimate of drug-likeness (QED) is 0.818. The van der Waals surface area contributed by atoms with E-state index in [-0.39, 0.29) is 12.5 Å². The number of nitrogens with zero attached hydrogens (tertiary/aromatic N) is 2. The van der Waals surface area contributed by atoms with Crippen LogP contribution in [0, 0.1) is 0 Å². The van der Waals surface area contributed by atoms with Crippen LogP contribution in [0.25, 0.3) is 0 Å². The van der Waals surface area contributed by atoms with Crippen LogP contribution in [0.4, 0.5) is 8.78 Å². The molecule has 0 spiro atoms. The van der Waals surface area contributed by atoms with Gasteiger partial charge in [0.25, 0.3) is 0 Å². The Hall–Kier alpha value is -2.41. The van der Waals surface area contributed by atoms with Gasteiger partial charge in [0.05, 0.1) is 5.69 Å². The van der Waals surface area contributed by atoms with Crippen LogP contribution in [0.1, 0.15) is 11.3 Å². The number of hydrogen-bond acceptors (Lipinski definition) is 5. The third-order valence-corrected chi connectivity index (χ3v) is 3.37. The summed E-state index contributed by atoms with van der Waals surface area (Å²) in [6.45, 7) is -1.81. The molecule has 122 valence electrons. The van der Waals surface area contributed by atoms with Gasteiger partial charge in [-0.2, -0.15) is 8.78 Å². The molecule has 1 aromatic heterocycles. The molecule has 0 N–H and O–H groups in total. The van der Waals surface area contributed by atoms with E-state index < -0.39 is 6.61 Å². The predicted molar refractivity (Wildman–Crippen MR) is 78.6 cm³/mol. The van der Waals surface area contributed by atoms with Crippen molar-refractivity contribution >= 4 is 0 Å². The summed E-state index contributed by atoms with van der Waals surface area (Å²) in [4.78, 5) is 6.21. The van der Waals surface area contributed by atoms with Crippen molar-refractivity contribution in [1.29, 1.82) is 0 Å². The Labute approximate surface area is 132 Å². The van der Waals surface area contributed by atoms with E-state index in [1.807, 2.05) is 30.1 Å². The first-order chi connectivity index (χ1) is 11.1. The number of benzene rings is 1. The zero-order valence-corrected chi connectivity index (χ0v) is 12.5. The van der Waals surface area contributed by atoms with Gasteiger partial charge in [-0.05, 0) is 25.2 Å². The molecule has 2 heterocycles. The smallest absolute Gasteiger partial charge is 0.387 e. The molecule has 0 bridgehead atoms. The number of hydrogen-bond donors (Lipinski definition) is 0. The molecule has 1 aliphatic rings. The summed E-state index contributed by atoms with van der Waals surface area (Å²) in [6.07, 6.45) is 1.72. The fourth-order valence-electron chi connectivity index (χ4n) is 2.41. The number of halogens is 2. The molecule has 7 heteroatoms. The van der Waals surface area contributed by atoms with Crippen molar-refractivity contribution in [3.05, 3.63) is 47.8 Å². The summed E-state index contributed by atoms with van der Waals surface area (Å²) in [5, 5.41) is 0. The second-order valence-electron chi connectivity index (χ2n) is 5.19. The van der Waals surface area contributed by atoms with Crippen LogP contribution in [0.3, 0.4) is 0 Å². The minimum absolute atomic E-state index is 0.0800. The van der Waals surface area contributed by atoms with E-state index in [4.69, 9.17) is 9.47 Å². The van der Waals surface area contributed by atoms with Crippen molar-refractivity contribution in [2.75, 3.05) is 13.8 Å². The van der Waals surface area contributed by atoms with E-state index in [9.17, 15) is 8.78 Å². The molecular formula is C16H16F2N2O3. The zero-order valence-electron chi connectivity index (χ0n) is 12.5. The standard InChI is InChI=1S/C16H16F2N2O3/c1-20(9-12-4-2-3-5-19-12)8-11-6-14-15(22-10-21-14)7-13(11)23-16(17)18/h2-7,16H,8-10H2,1H3. The van der Waals surface area contributed by atoms with Crippen molar-refractivity contribution in [3.63, 3.8) is 0 Å². The van der Waals surface area contributed by atoms with E-state index in [2.05, 4.69) is 9.72 Å². The molecule has 0 amide bonds. The van der Waals surface area contributed by atoms with Gasteiger partial charge in [0.15, 0.2) is 11.5 Å². The maximum absolute atomic E-state index is 12.6. The molecule has 1 aliphatic heterocycles. The molecule has 3 rings (SSSR count). The number of rotatable bonds is 6. The van der Waals surface area contributed by atoms with E-state index in [0.29, 0.717) is 30.2 Å². The highest BCUT2D eigenvalue weighted by Gasteiger charge is 2.20. The van der Waals surface area contributed by atoms with Crippen molar-refractivity contribution < 1.29 is 23.0 Å². The molecule has 0 unspecified atom stereocenters. The van der Waals surface area contributed by atoms with Gasteiger partial charge in [-0.15, -0.1) is 0 Å². The average molecular weight is 322 g/mol. The van der Waals surface area contributed by atoms with Gasteiger partial charge >= 0.3 is 6.61 Å². The molecule has 1 aromatic carbocycles. The Balaban J connectivity index is 1.77. The molecule has 0 aliphatic carbocycles. The van der Waals surface area contributed by atoms with Gasteiger partial charge in [-0.3, -0.25) is 9.88 Å². The largest absolute Gasteiger partial charge is 0.454 e. The monoisotopic (exact) mass is 322 g/mol. The van der Waals surface area contributed by atoms with Crippen molar-refractivity contribution in [2.45, 2.75) is 19.7 Å². The van der Waals surface area contributed by atoms with Crippen LogP contribution in [0.5, 0.6) is 17.2 Å². The molecule has 0 saturated carbocycles. The summed E-state index contributed by atoms with van der Waals surface area (Å²) in [7, 11) is 1.88. The van der Waals surface area contributed by atoms with Crippen LogP contribution in [-0.4, -0.2) is 30.3 Å². The molecule has 2 aromatic rings. The lowest BCUT2D eigenvalue weighted by Gasteiger charge is -2.19. The van der Waals surface area contributed by atoms with Gasteiger partial charge in [0.2, 0.25) is 6.79 Å². The van der Waals surface area contributed by atoms with Crippen LogP contribution in [0.2, 0.25) is 0 Å². The topological polar surface area (TPSA) is 43.8 Å². The molecule has 5 nitrogen and oxygen atoms in total. The lowest BCUT2D eigenvalue weighted by atomic mass is 10.1. The van der Waals surface area contributed by atoms with Crippen molar-refractivity contribution in [3.8, 4) is 17.2 Å². The first kappa shape index (κ1) is 15.5. The third-order valence-electron chi connectivity index (χ3n) is 3.37. The maximum Gasteiger partial charge on any atom is 0.387 e. The van der Waals surface area contributed by atoms with Crippen LogP contribution >= 0.6 is 0 Å². The van der Waals surface area contributed by atoms with Crippen molar-refractivity contribution in [1.82, 2.24) is 9.88 Å². The van der Waals surface area contributed by atoms with E-state index >= 15 is 0 Å². The van der Waals surface area contributed by atoms with Crippen LogP contribution in [0.15, 0.2) is 36.5 Å². The van der Waals surface area contributed by atoms with Gasteiger partial charge in [0, 0.05) is 30.9 Å². The number of aromatic nitrogens is 1. The number of pyridine rings is 1. The molecule has 0 saturated heterocycles. The zero-order chi connectivity index (χ0) is 16.2. The normalized spacial score (nSPS) is 12.9.